The maximum atomic E-state index is 12.2. The lowest BCUT2D eigenvalue weighted by molar-refractivity contribution is -0.342. The van der Waals surface area contributed by atoms with Crippen molar-refractivity contribution < 1.29 is 14.6 Å². The molecular weight excluding hydrogens is 204 g/mol. The summed E-state index contributed by atoms with van der Waals surface area (Å²) in [5, 5.41) is 0. The van der Waals surface area contributed by atoms with Crippen molar-refractivity contribution in [3.8, 4) is 0 Å². The molecule has 0 atom stereocenters. The number of hydrogen-bond acceptors (Lipinski definition) is 3. The number of hydrogen-bond donors (Lipinski definition) is 0. The highest BCUT2D eigenvalue weighted by Crippen LogP contribution is 2.29. The van der Waals surface area contributed by atoms with Gasteiger partial charge in [0.05, 0.1) is 6.61 Å². The minimum atomic E-state index is -0.794. The van der Waals surface area contributed by atoms with Crippen molar-refractivity contribution in [2.45, 2.75) is 64.9 Å². The summed E-state index contributed by atoms with van der Waals surface area (Å²) >= 11 is 0. The molecule has 0 spiro atoms. The Hall–Kier alpha value is -0.410. The summed E-state index contributed by atoms with van der Waals surface area (Å²) in [4.78, 5) is 22.5. The molecule has 0 bridgehead atoms. The van der Waals surface area contributed by atoms with Crippen molar-refractivity contribution >= 4 is 5.78 Å². The van der Waals surface area contributed by atoms with E-state index in [2.05, 4.69) is 0 Å². The average molecular weight is 228 g/mol. The highest BCUT2D eigenvalue weighted by Gasteiger charge is 2.36. The molecule has 0 unspecified atom stereocenters. The second-order valence-corrected chi connectivity index (χ2v) is 5.11. The van der Waals surface area contributed by atoms with Crippen LogP contribution < -0.4 is 0 Å². The van der Waals surface area contributed by atoms with E-state index in [9.17, 15) is 4.79 Å². The number of Topliss-reactive ketones (excluding diaryl/α,β-unsaturated/α-hetero) is 1. The second kappa shape index (κ2) is 6.36. The predicted octanol–water partition coefficient (Wildman–Crippen LogP) is 3.27. The van der Waals surface area contributed by atoms with Crippen molar-refractivity contribution in [2.24, 2.45) is 5.92 Å². The van der Waals surface area contributed by atoms with E-state index in [4.69, 9.17) is 9.78 Å². The zero-order valence-corrected chi connectivity index (χ0v) is 10.8. The van der Waals surface area contributed by atoms with Gasteiger partial charge in [0, 0.05) is 5.92 Å². The first-order chi connectivity index (χ1) is 7.58. The van der Waals surface area contributed by atoms with Gasteiger partial charge < -0.3 is 0 Å². The summed E-state index contributed by atoms with van der Waals surface area (Å²) < 4.78 is 0. The van der Waals surface area contributed by atoms with E-state index >= 15 is 0 Å². The zero-order valence-electron chi connectivity index (χ0n) is 10.8. The van der Waals surface area contributed by atoms with Gasteiger partial charge in [0.25, 0.3) is 0 Å². The molecule has 16 heavy (non-hydrogen) atoms. The third-order valence-corrected chi connectivity index (χ3v) is 3.12. The van der Waals surface area contributed by atoms with E-state index in [0.29, 0.717) is 6.61 Å². The lowest BCUT2D eigenvalue weighted by Gasteiger charge is -2.29. The number of carbonyl (C=O) groups is 1. The van der Waals surface area contributed by atoms with Gasteiger partial charge in [-0.15, -0.1) is 0 Å². The number of carbonyl (C=O) groups excluding carboxylic acids is 1. The van der Waals surface area contributed by atoms with Crippen molar-refractivity contribution in [3.63, 3.8) is 0 Å². The van der Waals surface area contributed by atoms with Crippen molar-refractivity contribution in [1.82, 2.24) is 0 Å². The molecule has 3 nitrogen and oxygen atoms in total. The fourth-order valence-electron chi connectivity index (χ4n) is 2.17. The molecule has 0 aromatic carbocycles. The summed E-state index contributed by atoms with van der Waals surface area (Å²) in [5.41, 5.74) is -0.794. The third kappa shape index (κ3) is 3.87. The van der Waals surface area contributed by atoms with Crippen LogP contribution in [0.5, 0.6) is 0 Å². The lowest BCUT2D eigenvalue weighted by Crippen LogP contribution is -2.40. The van der Waals surface area contributed by atoms with Crippen LogP contribution in [0.1, 0.15) is 59.3 Å². The second-order valence-electron chi connectivity index (χ2n) is 5.11. The van der Waals surface area contributed by atoms with Gasteiger partial charge in [-0.2, -0.15) is 0 Å². The average Bonchev–Trinajstić information content (AvgIpc) is 2.29. The standard InChI is InChI=1S/C13H24O3/c1-4-10-15-16-13(2,3)12(14)11-8-6-5-7-9-11/h11H,4-10H2,1-3H3. The molecule has 1 saturated carbocycles. The topological polar surface area (TPSA) is 35.5 Å². The number of rotatable bonds is 6. The minimum absolute atomic E-state index is 0.175. The lowest BCUT2D eigenvalue weighted by atomic mass is 9.81. The fraction of sp³-hybridized carbons (Fsp3) is 0.923. The van der Waals surface area contributed by atoms with E-state index in [1.54, 1.807) is 13.8 Å². The zero-order chi connectivity index (χ0) is 12.0. The van der Waals surface area contributed by atoms with Crippen molar-refractivity contribution in [1.29, 1.82) is 0 Å². The van der Waals surface area contributed by atoms with Crippen LogP contribution in [0.2, 0.25) is 0 Å². The molecule has 3 heteroatoms. The fourth-order valence-corrected chi connectivity index (χ4v) is 2.17. The van der Waals surface area contributed by atoms with Gasteiger partial charge >= 0.3 is 0 Å². The molecular formula is C13H24O3. The van der Waals surface area contributed by atoms with Gasteiger partial charge in [0.15, 0.2) is 11.4 Å². The van der Waals surface area contributed by atoms with E-state index in [1.165, 1.54) is 19.3 Å². The molecule has 0 aromatic heterocycles. The maximum Gasteiger partial charge on any atom is 0.170 e. The van der Waals surface area contributed by atoms with Crippen LogP contribution in [-0.4, -0.2) is 18.0 Å². The van der Waals surface area contributed by atoms with Crippen LogP contribution in [0.4, 0.5) is 0 Å². The first-order valence-corrected chi connectivity index (χ1v) is 6.43. The van der Waals surface area contributed by atoms with E-state index in [-0.39, 0.29) is 11.7 Å². The van der Waals surface area contributed by atoms with Gasteiger partial charge in [-0.05, 0) is 33.1 Å². The smallest absolute Gasteiger partial charge is 0.170 e. The highest BCUT2D eigenvalue weighted by atomic mass is 17.2. The van der Waals surface area contributed by atoms with Crippen LogP contribution in [0, 0.1) is 5.92 Å². The first-order valence-electron chi connectivity index (χ1n) is 6.43. The Morgan fingerprint density at radius 1 is 1.25 bits per heavy atom. The molecule has 94 valence electrons. The first kappa shape index (κ1) is 13.7. The van der Waals surface area contributed by atoms with E-state index in [1.807, 2.05) is 6.92 Å². The van der Waals surface area contributed by atoms with Gasteiger partial charge in [0.2, 0.25) is 0 Å². The van der Waals surface area contributed by atoms with Gasteiger partial charge in [0.1, 0.15) is 0 Å². The molecule has 0 radical (unpaired) electrons. The molecule has 0 saturated heterocycles. The normalized spacial score (nSPS) is 18.7. The molecule has 1 rings (SSSR count). The van der Waals surface area contributed by atoms with Gasteiger partial charge in [-0.25, -0.2) is 9.78 Å². The minimum Gasteiger partial charge on any atom is -0.296 e. The quantitative estimate of drug-likeness (QED) is 0.397. The SMILES string of the molecule is CCCOOC(C)(C)C(=O)C1CCCCC1. The van der Waals surface area contributed by atoms with Crippen LogP contribution in [-0.2, 0) is 14.6 Å². The molecule has 1 aliphatic carbocycles. The van der Waals surface area contributed by atoms with Crippen LogP contribution in [0.25, 0.3) is 0 Å². The Labute approximate surface area is 98.4 Å². The predicted molar refractivity (Wildman–Crippen MR) is 63.0 cm³/mol. The molecule has 0 N–H and O–H groups in total. The Balaban J connectivity index is 2.42. The summed E-state index contributed by atoms with van der Waals surface area (Å²) in [6.07, 6.45) is 6.52. The van der Waals surface area contributed by atoms with Gasteiger partial charge in [-0.1, -0.05) is 26.2 Å². The summed E-state index contributed by atoms with van der Waals surface area (Å²) in [6.45, 7) is 6.17. The van der Waals surface area contributed by atoms with Crippen molar-refractivity contribution in [3.05, 3.63) is 0 Å². The Morgan fingerprint density at radius 2 is 1.88 bits per heavy atom. The number of ketones is 1. The van der Waals surface area contributed by atoms with Crippen molar-refractivity contribution in [2.75, 3.05) is 6.61 Å². The Kier molecular flexibility index (Phi) is 5.42. The molecule has 0 aliphatic heterocycles. The summed E-state index contributed by atoms with van der Waals surface area (Å²) in [5.74, 6) is 0.372. The molecule has 0 heterocycles. The summed E-state index contributed by atoms with van der Waals surface area (Å²) in [6, 6.07) is 0. The molecule has 0 aromatic rings. The molecule has 1 aliphatic rings. The Morgan fingerprint density at radius 3 is 2.44 bits per heavy atom. The largest absolute Gasteiger partial charge is 0.296 e. The highest BCUT2D eigenvalue weighted by molar-refractivity contribution is 5.88. The third-order valence-electron chi connectivity index (χ3n) is 3.12. The van der Waals surface area contributed by atoms with E-state index < -0.39 is 5.60 Å². The summed E-state index contributed by atoms with van der Waals surface area (Å²) in [7, 11) is 0. The maximum absolute atomic E-state index is 12.2. The Bertz CT molecular complexity index is 217. The van der Waals surface area contributed by atoms with Crippen LogP contribution >= 0.6 is 0 Å². The van der Waals surface area contributed by atoms with Crippen LogP contribution in [0.3, 0.4) is 0 Å². The monoisotopic (exact) mass is 228 g/mol. The van der Waals surface area contributed by atoms with Gasteiger partial charge in [-0.3, -0.25) is 4.79 Å². The molecule has 0 amide bonds. The van der Waals surface area contributed by atoms with Crippen LogP contribution in [0.15, 0.2) is 0 Å². The van der Waals surface area contributed by atoms with E-state index in [0.717, 1.165) is 19.3 Å². The molecule has 1 fully saturated rings.